The highest BCUT2D eigenvalue weighted by molar-refractivity contribution is 5.97. The van der Waals surface area contributed by atoms with E-state index >= 15 is 0 Å². The van der Waals surface area contributed by atoms with Gasteiger partial charge >= 0.3 is 5.97 Å². The van der Waals surface area contributed by atoms with E-state index in [4.69, 9.17) is 5.11 Å². The highest BCUT2D eigenvalue weighted by Crippen LogP contribution is 2.25. The summed E-state index contributed by atoms with van der Waals surface area (Å²) in [5.74, 6) is -1.06. The SMILES string of the molecule is CN(C)C(=O)c1cc(-c2ccc(O)cc2)ccc1CC(=O)O. The average Bonchev–Trinajstić information content (AvgIpc) is 2.47. The standard InChI is InChI=1S/C17H17NO4/c1-18(2)17(22)15-9-12(3-4-13(15)10-16(20)21)11-5-7-14(19)8-6-11/h3-9,19H,10H2,1-2H3,(H,20,21). The Kier molecular flexibility index (Phi) is 4.46. The molecule has 0 aliphatic heterocycles. The van der Waals surface area contributed by atoms with Crippen LogP contribution >= 0.6 is 0 Å². The van der Waals surface area contributed by atoms with E-state index in [1.54, 1.807) is 56.6 Å². The van der Waals surface area contributed by atoms with Crippen LogP contribution in [-0.2, 0) is 11.2 Å². The number of phenols is 1. The number of hydrogen-bond donors (Lipinski definition) is 2. The zero-order valence-corrected chi connectivity index (χ0v) is 12.4. The van der Waals surface area contributed by atoms with Crippen molar-refractivity contribution in [3.05, 3.63) is 53.6 Å². The van der Waals surface area contributed by atoms with Gasteiger partial charge in [-0.1, -0.05) is 24.3 Å². The van der Waals surface area contributed by atoms with Crippen LogP contribution < -0.4 is 0 Å². The third-order valence-corrected chi connectivity index (χ3v) is 3.29. The highest BCUT2D eigenvalue weighted by Gasteiger charge is 2.16. The molecule has 2 aromatic rings. The van der Waals surface area contributed by atoms with Crippen LogP contribution in [0.4, 0.5) is 0 Å². The molecule has 0 saturated carbocycles. The van der Waals surface area contributed by atoms with Gasteiger partial charge in [-0.25, -0.2) is 0 Å². The maximum absolute atomic E-state index is 12.3. The molecule has 0 spiro atoms. The fourth-order valence-corrected chi connectivity index (χ4v) is 2.17. The molecule has 5 heteroatoms. The first-order chi connectivity index (χ1) is 10.4. The summed E-state index contributed by atoms with van der Waals surface area (Å²) < 4.78 is 0. The van der Waals surface area contributed by atoms with Crippen molar-refractivity contribution in [2.45, 2.75) is 6.42 Å². The number of rotatable bonds is 4. The number of carboxylic acids is 1. The first-order valence-corrected chi connectivity index (χ1v) is 6.74. The molecule has 0 heterocycles. The topological polar surface area (TPSA) is 77.8 Å². The van der Waals surface area contributed by atoms with Gasteiger partial charge in [0, 0.05) is 19.7 Å². The van der Waals surface area contributed by atoms with Crippen molar-refractivity contribution < 1.29 is 19.8 Å². The van der Waals surface area contributed by atoms with E-state index in [0.717, 1.165) is 11.1 Å². The molecular formula is C17H17NO4. The molecule has 2 rings (SSSR count). The van der Waals surface area contributed by atoms with Crippen molar-refractivity contribution in [1.29, 1.82) is 0 Å². The van der Waals surface area contributed by atoms with E-state index in [1.165, 1.54) is 4.90 Å². The lowest BCUT2D eigenvalue weighted by Gasteiger charge is -2.15. The van der Waals surface area contributed by atoms with Crippen molar-refractivity contribution >= 4 is 11.9 Å². The predicted molar refractivity (Wildman–Crippen MR) is 82.9 cm³/mol. The summed E-state index contributed by atoms with van der Waals surface area (Å²) in [5, 5.41) is 18.3. The molecule has 114 valence electrons. The Balaban J connectivity index is 2.50. The third kappa shape index (κ3) is 3.44. The van der Waals surface area contributed by atoms with Crippen molar-refractivity contribution in [1.82, 2.24) is 4.90 Å². The second kappa shape index (κ2) is 6.30. The van der Waals surface area contributed by atoms with E-state index in [1.807, 2.05) is 0 Å². The third-order valence-electron chi connectivity index (χ3n) is 3.29. The van der Waals surface area contributed by atoms with Crippen LogP contribution in [0.3, 0.4) is 0 Å². The van der Waals surface area contributed by atoms with Crippen LogP contribution in [0.15, 0.2) is 42.5 Å². The van der Waals surface area contributed by atoms with E-state index in [-0.39, 0.29) is 18.1 Å². The van der Waals surface area contributed by atoms with Crippen molar-refractivity contribution in [3.63, 3.8) is 0 Å². The van der Waals surface area contributed by atoms with Crippen LogP contribution in [0.2, 0.25) is 0 Å². The van der Waals surface area contributed by atoms with Gasteiger partial charge in [0.15, 0.2) is 0 Å². The van der Waals surface area contributed by atoms with Gasteiger partial charge in [0.05, 0.1) is 6.42 Å². The van der Waals surface area contributed by atoms with E-state index in [2.05, 4.69) is 0 Å². The molecule has 0 aliphatic carbocycles. The first kappa shape index (κ1) is 15.6. The van der Waals surface area contributed by atoms with Crippen LogP contribution in [0, 0.1) is 0 Å². The fourth-order valence-electron chi connectivity index (χ4n) is 2.17. The highest BCUT2D eigenvalue weighted by atomic mass is 16.4. The van der Waals surface area contributed by atoms with Crippen LogP contribution in [0.5, 0.6) is 5.75 Å². The maximum atomic E-state index is 12.3. The van der Waals surface area contributed by atoms with Crippen LogP contribution in [0.1, 0.15) is 15.9 Å². The number of aromatic hydroxyl groups is 1. The normalized spacial score (nSPS) is 10.3. The van der Waals surface area contributed by atoms with Gasteiger partial charge in [-0.2, -0.15) is 0 Å². The number of carbonyl (C=O) groups excluding carboxylic acids is 1. The Hall–Kier alpha value is -2.82. The molecule has 0 atom stereocenters. The Morgan fingerprint density at radius 1 is 1.00 bits per heavy atom. The van der Waals surface area contributed by atoms with Gasteiger partial charge in [-0.3, -0.25) is 9.59 Å². The number of carboxylic acid groups (broad SMARTS) is 1. The molecule has 0 bridgehead atoms. The van der Waals surface area contributed by atoms with E-state index < -0.39 is 5.97 Å². The summed E-state index contributed by atoms with van der Waals surface area (Å²) in [6.45, 7) is 0. The minimum absolute atomic E-state index is 0.163. The fraction of sp³-hybridized carbons (Fsp3) is 0.176. The smallest absolute Gasteiger partial charge is 0.307 e. The summed E-state index contributed by atoms with van der Waals surface area (Å²) >= 11 is 0. The lowest BCUT2D eigenvalue weighted by atomic mass is 9.96. The predicted octanol–water partition coefficient (Wildman–Crippen LogP) is 2.39. The summed E-state index contributed by atoms with van der Waals surface area (Å²) in [5.41, 5.74) is 2.48. The van der Waals surface area contributed by atoms with Gasteiger partial charge < -0.3 is 15.1 Å². The van der Waals surface area contributed by atoms with Gasteiger partial charge in [0.25, 0.3) is 5.91 Å². The summed E-state index contributed by atoms with van der Waals surface area (Å²) in [6.07, 6.45) is -0.204. The number of amides is 1. The lowest BCUT2D eigenvalue weighted by Crippen LogP contribution is -2.23. The molecule has 0 radical (unpaired) electrons. The summed E-state index contributed by atoms with van der Waals surface area (Å²) in [4.78, 5) is 24.6. The Bertz CT molecular complexity index is 705. The Labute approximate surface area is 128 Å². The van der Waals surface area contributed by atoms with Gasteiger partial charge in [0.2, 0.25) is 0 Å². The van der Waals surface area contributed by atoms with E-state index in [0.29, 0.717) is 11.1 Å². The van der Waals surface area contributed by atoms with Crippen LogP contribution in [0.25, 0.3) is 11.1 Å². The van der Waals surface area contributed by atoms with Gasteiger partial charge in [-0.15, -0.1) is 0 Å². The number of phenolic OH excluding ortho intramolecular Hbond substituents is 1. The van der Waals surface area contributed by atoms with Gasteiger partial charge in [-0.05, 0) is 34.9 Å². The maximum Gasteiger partial charge on any atom is 0.307 e. The quantitative estimate of drug-likeness (QED) is 0.908. The van der Waals surface area contributed by atoms with Crippen LogP contribution in [-0.4, -0.2) is 41.1 Å². The van der Waals surface area contributed by atoms with Gasteiger partial charge in [0.1, 0.15) is 5.75 Å². The molecule has 0 aliphatic rings. The molecule has 2 aromatic carbocycles. The number of carbonyl (C=O) groups is 2. The number of nitrogens with zero attached hydrogens (tertiary/aromatic N) is 1. The Morgan fingerprint density at radius 3 is 2.14 bits per heavy atom. The number of benzene rings is 2. The largest absolute Gasteiger partial charge is 0.508 e. The number of aliphatic carboxylic acids is 1. The Morgan fingerprint density at radius 2 is 1.59 bits per heavy atom. The molecule has 2 N–H and O–H groups in total. The zero-order chi connectivity index (χ0) is 16.3. The second-order valence-electron chi connectivity index (χ2n) is 5.19. The molecule has 22 heavy (non-hydrogen) atoms. The molecule has 5 nitrogen and oxygen atoms in total. The van der Waals surface area contributed by atoms with E-state index in [9.17, 15) is 14.7 Å². The molecule has 0 unspecified atom stereocenters. The molecular weight excluding hydrogens is 282 g/mol. The molecule has 1 amide bonds. The minimum atomic E-state index is -0.981. The van der Waals surface area contributed by atoms with Crippen molar-refractivity contribution in [2.75, 3.05) is 14.1 Å². The first-order valence-electron chi connectivity index (χ1n) is 6.74. The average molecular weight is 299 g/mol. The molecule has 0 saturated heterocycles. The van der Waals surface area contributed by atoms with Crippen molar-refractivity contribution in [3.8, 4) is 16.9 Å². The zero-order valence-electron chi connectivity index (χ0n) is 12.4. The second-order valence-corrected chi connectivity index (χ2v) is 5.19. The summed E-state index contributed by atoms with van der Waals surface area (Å²) in [7, 11) is 3.25. The monoisotopic (exact) mass is 299 g/mol. The van der Waals surface area contributed by atoms with Crippen molar-refractivity contribution in [2.24, 2.45) is 0 Å². The molecule has 0 aromatic heterocycles. The summed E-state index contributed by atoms with van der Waals surface area (Å²) in [6, 6.07) is 11.7. The lowest BCUT2D eigenvalue weighted by molar-refractivity contribution is -0.136. The minimum Gasteiger partial charge on any atom is -0.508 e. The number of hydrogen-bond acceptors (Lipinski definition) is 3. The molecule has 0 fully saturated rings.